The van der Waals surface area contributed by atoms with Crippen LogP contribution < -0.4 is 5.73 Å². The number of amides is 2. The molecule has 0 radical (unpaired) electrons. The van der Waals surface area contributed by atoms with Gasteiger partial charge in [0.05, 0.1) is 12.6 Å². The molecule has 2 amide bonds. The summed E-state index contributed by atoms with van der Waals surface area (Å²) in [7, 11) is 0. The molecule has 0 saturated carbocycles. The van der Waals surface area contributed by atoms with E-state index in [1.807, 2.05) is 60.7 Å². The first-order valence-electron chi connectivity index (χ1n) is 9.58. The number of benzene rings is 2. The summed E-state index contributed by atoms with van der Waals surface area (Å²) in [6, 6.07) is 18.2. The highest BCUT2D eigenvalue weighted by molar-refractivity contribution is 5.90. The first-order chi connectivity index (χ1) is 14.0. The molecule has 2 N–H and O–H groups in total. The molecule has 0 aromatic heterocycles. The highest BCUT2D eigenvalue weighted by atomic mass is 16.5. The van der Waals surface area contributed by atoms with Crippen molar-refractivity contribution in [3.63, 3.8) is 0 Å². The molecule has 7 nitrogen and oxygen atoms in total. The molecule has 1 atom stereocenters. The monoisotopic (exact) mass is 395 g/mol. The molecule has 2 aromatic carbocycles. The zero-order valence-corrected chi connectivity index (χ0v) is 16.2. The number of carbonyl (C=O) groups excluding carboxylic acids is 3. The van der Waals surface area contributed by atoms with Crippen molar-refractivity contribution in [1.82, 2.24) is 9.80 Å². The van der Waals surface area contributed by atoms with Gasteiger partial charge < -0.3 is 20.3 Å². The summed E-state index contributed by atoms with van der Waals surface area (Å²) in [4.78, 5) is 39.9. The lowest BCUT2D eigenvalue weighted by Gasteiger charge is -2.35. The minimum Gasteiger partial charge on any atom is -0.459 e. The summed E-state index contributed by atoms with van der Waals surface area (Å²) in [5, 5.41) is 0. The molecule has 0 unspecified atom stereocenters. The fourth-order valence-electron chi connectivity index (χ4n) is 3.19. The Hall–Kier alpha value is -3.19. The average molecular weight is 395 g/mol. The van der Waals surface area contributed by atoms with E-state index in [4.69, 9.17) is 10.5 Å². The van der Waals surface area contributed by atoms with Gasteiger partial charge in [0.1, 0.15) is 13.2 Å². The summed E-state index contributed by atoms with van der Waals surface area (Å²) < 4.78 is 5.22. The van der Waals surface area contributed by atoms with Crippen LogP contribution in [0.5, 0.6) is 0 Å². The van der Waals surface area contributed by atoms with Gasteiger partial charge in [0.15, 0.2) is 0 Å². The minimum absolute atomic E-state index is 0.0761. The molecule has 0 aliphatic carbocycles. The fourth-order valence-corrected chi connectivity index (χ4v) is 3.19. The summed E-state index contributed by atoms with van der Waals surface area (Å²) in [5.41, 5.74) is 7.90. The Kier molecular flexibility index (Phi) is 6.97. The molecule has 152 valence electrons. The fraction of sp³-hybridized carbons (Fsp3) is 0.318. The van der Waals surface area contributed by atoms with Gasteiger partial charge in [-0.3, -0.25) is 14.4 Å². The molecule has 29 heavy (non-hydrogen) atoms. The van der Waals surface area contributed by atoms with Crippen LogP contribution in [0.15, 0.2) is 60.7 Å². The maximum Gasteiger partial charge on any atom is 0.325 e. The predicted molar refractivity (Wildman–Crippen MR) is 108 cm³/mol. The van der Waals surface area contributed by atoms with Gasteiger partial charge in [-0.2, -0.15) is 0 Å². The van der Waals surface area contributed by atoms with Crippen LogP contribution >= 0.6 is 0 Å². The van der Waals surface area contributed by atoms with Crippen LogP contribution in [-0.2, 0) is 32.1 Å². The van der Waals surface area contributed by atoms with Gasteiger partial charge >= 0.3 is 5.97 Å². The number of ether oxygens (including phenoxy) is 1. The first-order valence-corrected chi connectivity index (χ1v) is 9.58. The second-order valence-corrected chi connectivity index (χ2v) is 7.02. The van der Waals surface area contributed by atoms with E-state index in [1.54, 1.807) is 0 Å². The molecule has 7 heteroatoms. The highest BCUT2D eigenvalue weighted by Crippen LogP contribution is 2.09. The average Bonchev–Trinajstić information content (AvgIpc) is 2.74. The molecule has 2 aromatic rings. The van der Waals surface area contributed by atoms with Crippen LogP contribution in [0.1, 0.15) is 11.1 Å². The Morgan fingerprint density at radius 2 is 1.59 bits per heavy atom. The third-order valence-electron chi connectivity index (χ3n) is 4.81. The molecule has 1 heterocycles. The Morgan fingerprint density at radius 3 is 2.21 bits per heavy atom. The van der Waals surface area contributed by atoms with Crippen molar-refractivity contribution in [2.24, 2.45) is 5.73 Å². The van der Waals surface area contributed by atoms with Gasteiger partial charge in [-0.05, 0) is 17.5 Å². The molecule has 1 fully saturated rings. The number of esters is 1. The summed E-state index contributed by atoms with van der Waals surface area (Å²) >= 11 is 0. The second-order valence-electron chi connectivity index (χ2n) is 7.02. The van der Waals surface area contributed by atoms with Crippen molar-refractivity contribution in [1.29, 1.82) is 0 Å². The van der Waals surface area contributed by atoms with Gasteiger partial charge in [0.25, 0.3) is 0 Å². The van der Waals surface area contributed by atoms with Gasteiger partial charge in [0.2, 0.25) is 11.8 Å². The second kappa shape index (κ2) is 9.84. The third kappa shape index (κ3) is 5.89. The maximum atomic E-state index is 12.6. The molecule has 3 rings (SSSR count). The number of hydrogen-bond acceptors (Lipinski definition) is 5. The van der Waals surface area contributed by atoms with Crippen molar-refractivity contribution in [2.75, 3.05) is 26.2 Å². The van der Waals surface area contributed by atoms with E-state index in [1.165, 1.54) is 9.80 Å². The molecular weight excluding hydrogens is 370 g/mol. The van der Waals surface area contributed by atoms with Crippen molar-refractivity contribution in [3.8, 4) is 0 Å². The van der Waals surface area contributed by atoms with Gasteiger partial charge in [-0.25, -0.2) is 0 Å². The molecular formula is C22H25N3O4. The predicted octanol–water partition coefficient (Wildman–Crippen LogP) is 0.971. The van der Waals surface area contributed by atoms with Crippen LogP contribution in [0.4, 0.5) is 0 Å². The van der Waals surface area contributed by atoms with E-state index >= 15 is 0 Å². The van der Waals surface area contributed by atoms with Crippen LogP contribution in [0, 0.1) is 0 Å². The van der Waals surface area contributed by atoms with Crippen LogP contribution in [-0.4, -0.2) is 59.8 Å². The van der Waals surface area contributed by atoms with Crippen LogP contribution in [0.2, 0.25) is 0 Å². The first kappa shape index (κ1) is 20.5. The minimum atomic E-state index is -0.701. The Bertz CT molecular complexity index is 842. The van der Waals surface area contributed by atoms with Gasteiger partial charge in [-0.1, -0.05) is 60.7 Å². The Labute approximate surface area is 170 Å². The lowest BCUT2D eigenvalue weighted by molar-refractivity contribution is -0.154. The number of nitrogens with two attached hydrogens (primary N) is 1. The topological polar surface area (TPSA) is 92.9 Å². The zero-order chi connectivity index (χ0) is 20.6. The molecule has 0 spiro atoms. The number of piperazine rings is 1. The summed E-state index contributed by atoms with van der Waals surface area (Å²) in [6.07, 6.45) is 0.417. The molecule has 1 aliphatic rings. The van der Waals surface area contributed by atoms with E-state index in [9.17, 15) is 14.4 Å². The van der Waals surface area contributed by atoms with E-state index in [-0.39, 0.29) is 38.1 Å². The maximum absolute atomic E-state index is 12.6. The van der Waals surface area contributed by atoms with Crippen LogP contribution in [0.25, 0.3) is 0 Å². The van der Waals surface area contributed by atoms with Gasteiger partial charge in [0, 0.05) is 13.1 Å². The standard InChI is InChI=1S/C22H25N3O4/c23-19(13-17-7-3-1-4-8-17)22(28)25-12-11-24(20(26)14-25)15-21(27)29-16-18-9-5-2-6-10-18/h1-10,19H,11-16,23H2/t19-/m1/s1. The van der Waals surface area contributed by atoms with E-state index in [0.29, 0.717) is 13.0 Å². The van der Waals surface area contributed by atoms with Crippen molar-refractivity contribution in [2.45, 2.75) is 19.1 Å². The zero-order valence-electron chi connectivity index (χ0n) is 16.2. The highest BCUT2D eigenvalue weighted by Gasteiger charge is 2.31. The van der Waals surface area contributed by atoms with Crippen molar-refractivity contribution in [3.05, 3.63) is 71.8 Å². The number of carbonyl (C=O) groups is 3. The third-order valence-corrected chi connectivity index (χ3v) is 4.81. The van der Waals surface area contributed by atoms with E-state index in [2.05, 4.69) is 0 Å². The molecule has 1 saturated heterocycles. The Balaban J connectivity index is 1.45. The summed E-state index contributed by atoms with van der Waals surface area (Å²) in [5.74, 6) is -1.01. The number of nitrogens with zero attached hydrogens (tertiary/aromatic N) is 2. The molecule has 0 bridgehead atoms. The lowest BCUT2D eigenvalue weighted by Crippen LogP contribution is -2.56. The van der Waals surface area contributed by atoms with E-state index < -0.39 is 12.0 Å². The van der Waals surface area contributed by atoms with Crippen molar-refractivity contribution >= 4 is 17.8 Å². The van der Waals surface area contributed by atoms with Crippen LogP contribution in [0.3, 0.4) is 0 Å². The number of hydrogen-bond donors (Lipinski definition) is 1. The normalized spacial score (nSPS) is 15.1. The molecule has 1 aliphatic heterocycles. The van der Waals surface area contributed by atoms with Crippen molar-refractivity contribution < 1.29 is 19.1 Å². The number of rotatable bonds is 7. The quantitative estimate of drug-likeness (QED) is 0.705. The lowest BCUT2D eigenvalue weighted by atomic mass is 10.1. The largest absolute Gasteiger partial charge is 0.459 e. The smallest absolute Gasteiger partial charge is 0.325 e. The van der Waals surface area contributed by atoms with Gasteiger partial charge in [-0.15, -0.1) is 0 Å². The Morgan fingerprint density at radius 1 is 0.966 bits per heavy atom. The SMILES string of the molecule is N[C@H](Cc1ccccc1)C(=O)N1CCN(CC(=O)OCc2ccccc2)C(=O)C1. The summed E-state index contributed by atoms with van der Waals surface area (Å²) in [6.45, 7) is 0.597. The van der Waals surface area contributed by atoms with E-state index in [0.717, 1.165) is 11.1 Å².